The molecule has 0 aromatic rings. The Balaban J connectivity index is 5.05. The van der Waals surface area contributed by atoms with Crippen LogP contribution in [0.1, 0.15) is 0 Å². The Kier molecular flexibility index (Phi) is 8.86. The van der Waals surface area contributed by atoms with Crippen LogP contribution in [-0.4, -0.2) is 0 Å². The average Bonchev–Trinajstić information content (AvgIpc) is 1.14. The molecule has 0 unspecified atom stereocenters. The molecule has 0 aliphatic rings. The second-order valence-electron chi connectivity index (χ2n) is 1.08. The summed E-state index contributed by atoms with van der Waals surface area (Å²) in [7, 11) is 0. The van der Waals surface area contributed by atoms with Crippen LogP contribution in [0.15, 0.2) is 0 Å². The van der Waals surface area contributed by atoms with Crippen LogP contribution in [0.3, 0.4) is 0 Å². The van der Waals surface area contributed by atoms with Gasteiger partial charge in [0.25, 0.3) is 0 Å². The fourth-order valence-corrected chi connectivity index (χ4v) is 0. The molecular formula is I10. The molecule has 0 aliphatic carbocycles. The van der Waals surface area contributed by atoms with E-state index >= 15 is 0 Å². The van der Waals surface area contributed by atoms with Gasteiger partial charge in [-0.05, 0) is 0 Å². The summed E-state index contributed by atoms with van der Waals surface area (Å²) in [5, 5.41) is 0. The summed E-state index contributed by atoms with van der Waals surface area (Å²) < 4.78 is -4.05. The van der Waals surface area contributed by atoms with E-state index in [2.05, 4.69) is 149 Å². The maximum atomic E-state index is 2.73. The van der Waals surface area contributed by atoms with Crippen LogP contribution in [0.4, 0.5) is 0 Å². The van der Waals surface area contributed by atoms with Crippen LogP contribution in [0.5, 0.6) is 0 Å². The first-order chi connectivity index (χ1) is 3.78. The van der Waals surface area contributed by atoms with Crippen molar-refractivity contribution in [2.24, 2.45) is 0 Å². The molecule has 0 heterocycles. The minimum atomic E-state index is -2.03. The van der Waals surface area contributed by atoms with Gasteiger partial charge in [0, 0.05) is 0 Å². The molecule has 0 N–H and O–H groups in total. The van der Waals surface area contributed by atoms with E-state index in [9.17, 15) is 0 Å². The van der Waals surface area contributed by atoms with Gasteiger partial charge in [-0.1, -0.05) is 0 Å². The molecule has 70 valence electrons. The first kappa shape index (κ1) is 17.3. The first-order valence-electron chi connectivity index (χ1n) is 1.29. The van der Waals surface area contributed by atoms with Gasteiger partial charge in [-0.25, -0.2) is 0 Å². The standard InChI is InChI=1S/I10/c1-9(2,3,4)10(5,6,7)8. The molecule has 0 fully saturated rings. The fourth-order valence-electron chi connectivity index (χ4n) is 0. The summed E-state index contributed by atoms with van der Waals surface area (Å²) in [6.45, 7) is 0. The molecule has 0 saturated heterocycles. The minimum absolute atomic E-state index is 2.03. The topological polar surface area (TPSA) is 0 Å². The van der Waals surface area contributed by atoms with Crippen molar-refractivity contribution in [1.29, 1.82) is 0 Å². The van der Waals surface area contributed by atoms with Gasteiger partial charge >= 0.3 is 143 Å². The SMILES string of the molecule is II(I)(I)(I)I(I)(I)(I)I. The van der Waals surface area contributed by atoms with E-state index in [1.165, 1.54) is 0 Å². The molecule has 10 heavy (non-hydrogen) atoms. The van der Waals surface area contributed by atoms with Crippen LogP contribution in [0.25, 0.3) is 0 Å². The number of hydrogen-bond acceptors (Lipinski definition) is 0. The van der Waals surface area contributed by atoms with Gasteiger partial charge in [0.15, 0.2) is 0 Å². The van der Waals surface area contributed by atoms with Crippen LogP contribution < -0.4 is 0 Å². The predicted octanol–water partition coefficient (Wildman–Crippen LogP) is 8.86. The first-order valence-corrected chi connectivity index (χ1v) is 57.9. The van der Waals surface area contributed by atoms with Crippen molar-refractivity contribution in [2.45, 2.75) is 0 Å². The van der Waals surface area contributed by atoms with E-state index in [1.54, 1.807) is 0 Å². The van der Waals surface area contributed by atoms with E-state index in [1.807, 2.05) is 0 Å². The molecule has 0 amide bonds. The number of rotatable bonds is 1. The Morgan fingerprint density at radius 1 is 0.400 bits per heavy atom. The summed E-state index contributed by atoms with van der Waals surface area (Å²) in [5.74, 6) is 0. The van der Waals surface area contributed by atoms with Crippen molar-refractivity contribution < 1.29 is 0 Å². The third kappa shape index (κ3) is 5.76. The molecule has 0 spiro atoms. The molecule has 0 nitrogen and oxygen atoms in total. The third-order valence-electron chi connectivity index (χ3n) is 0.327. The Hall–Kier alpha value is 7.30. The molecule has 0 rings (SSSR count). The van der Waals surface area contributed by atoms with Gasteiger partial charge in [-0.3, -0.25) is 0 Å². The molecule has 0 atom stereocenters. The van der Waals surface area contributed by atoms with Crippen molar-refractivity contribution in [3.8, 4) is 0 Å². The predicted molar refractivity (Wildman–Crippen MR) is 140 cm³/mol. The average molecular weight is 1270 g/mol. The van der Waals surface area contributed by atoms with Gasteiger partial charge in [0.05, 0.1) is 0 Å². The summed E-state index contributed by atoms with van der Waals surface area (Å²) in [5.41, 5.74) is 0. The zero-order chi connectivity index (χ0) is 8.89. The van der Waals surface area contributed by atoms with Crippen molar-refractivity contribution >= 4 is 143 Å². The molecule has 10 heteroatoms. The molecule has 0 aliphatic heterocycles. The maximum absolute atomic E-state index is 2.73. The normalized spacial score (nSPS) is 22.4. The number of halogens is 10. The van der Waals surface area contributed by atoms with E-state index in [4.69, 9.17) is 0 Å². The van der Waals surface area contributed by atoms with Crippen LogP contribution >= 0.6 is 143 Å². The van der Waals surface area contributed by atoms with Crippen molar-refractivity contribution in [2.75, 3.05) is 0 Å². The second kappa shape index (κ2) is 5.12. The Labute approximate surface area is 136 Å². The van der Waals surface area contributed by atoms with Crippen molar-refractivity contribution in [1.82, 2.24) is 0 Å². The fraction of sp³-hybridized carbons (Fsp3) is 0. The van der Waals surface area contributed by atoms with Gasteiger partial charge in [0.2, 0.25) is 0 Å². The second-order valence-corrected chi connectivity index (χ2v) is 326. The molecule has 0 bridgehead atoms. The Morgan fingerprint density at radius 2 is 0.500 bits per heavy atom. The summed E-state index contributed by atoms with van der Waals surface area (Å²) >= 11 is 21.9. The molecule has 0 aromatic heterocycles. The third-order valence-corrected chi connectivity index (χ3v) is 661. The summed E-state index contributed by atoms with van der Waals surface area (Å²) in [6.07, 6.45) is 0. The van der Waals surface area contributed by atoms with Gasteiger partial charge in [-0.15, -0.1) is 0 Å². The Morgan fingerprint density at radius 3 is 0.500 bits per heavy atom. The van der Waals surface area contributed by atoms with Gasteiger partial charge in [-0.2, -0.15) is 0 Å². The van der Waals surface area contributed by atoms with Gasteiger partial charge in [0.1, 0.15) is 0 Å². The summed E-state index contributed by atoms with van der Waals surface area (Å²) in [6, 6.07) is 0. The monoisotopic (exact) mass is 1270 g/mol. The van der Waals surface area contributed by atoms with Gasteiger partial charge < -0.3 is 0 Å². The van der Waals surface area contributed by atoms with E-state index in [-0.39, 0.29) is 0 Å². The Bertz CT molecular complexity index is 106. The van der Waals surface area contributed by atoms with Crippen LogP contribution in [-0.2, 0) is 0 Å². The molecule has 0 saturated carbocycles. The quantitative estimate of drug-likeness (QED) is 0.231. The number of hydrogen-bond donors (Lipinski definition) is 0. The van der Waals surface area contributed by atoms with Crippen LogP contribution in [0.2, 0.25) is 0 Å². The molecule has 0 radical (unpaired) electrons. The van der Waals surface area contributed by atoms with Crippen molar-refractivity contribution in [3.05, 3.63) is 0 Å². The van der Waals surface area contributed by atoms with Crippen molar-refractivity contribution in [3.63, 3.8) is 0 Å². The molecule has 0 aromatic carbocycles. The zero-order valence-corrected chi connectivity index (χ0v) is 25.4. The zero-order valence-electron chi connectivity index (χ0n) is 3.78. The van der Waals surface area contributed by atoms with E-state index in [0.29, 0.717) is 0 Å². The molecular weight excluding hydrogens is 1270 g/mol. The van der Waals surface area contributed by atoms with E-state index < -0.39 is -5.65 Å². The van der Waals surface area contributed by atoms with E-state index in [0.717, 1.165) is 0 Å². The summed E-state index contributed by atoms with van der Waals surface area (Å²) in [4.78, 5) is 0. The van der Waals surface area contributed by atoms with Crippen LogP contribution in [0, 0.1) is 0 Å².